The number of carboxylic acid groups (broad SMARTS) is 1. The number of aliphatic carboxylic acids is 1. The molecule has 0 aromatic carbocycles. The Hall–Kier alpha value is -1.30. The molecule has 2 unspecified atom stereocenters. The average Bonchev–Trinajstić information content (AvgIpc) is 2.72. The van der Waals surface area contributed by atoms with Crippen LogP contribution in [0.15, 0.2) is 0 Å². The topological polar surface area (TPSA) is 81.7 Å². The number of hydrogen-bond donors (Lipinski definition) is 3. The molecular formula is C13H25N3O3. The first-order valence-corrected chi connectivity index (χ1v) is 6.92. The lowest BCUT2D eigenvalue weighted by Crippen LogP contribution is -2.43. The van der Waals surface area contributed by atoms with E-state index in [1.807, 2.05) is 14.0 Å². The highest BCUT2D eigenvalue weighted by Crippen LogP contribution is 2.09. The molecule has 19 heavy (non-hydrogen) atoms. The minimum absolute atomic E-state index is 0.120. The molecule has 1 fully saturated rings. The van der Waals surface area contributed by atoms with Crippen molar-refractivity contribution in [1.29, 1.82) is 0 Å². The van der Waals surface area contributed by atoms with Crippen molar-refractivity contribution in [1.82, 2.24) is 15.5 Å². The molecule has 1 saturated heterocycles. The number of likely N-dealkylation sites (tertiary alicyclic amines) is 1. The molecule has 1 aliphatic rings. The van der Waals surface area contributed by atoms with Gasteiger partial charge in [0, 0.05) is 25.6 Å². The van der Waals surface area contributed by atoms with Gasteiger partial charge in [-0.3, -0.25) is 4.79 Å². The van der Waals surface area contributed by atoms with Crippen LogP contribution < -0.4 is 10.6 Å². The van der Waals surface area contributed by atoms with Crippen molar-refractivity contribution in [3.63, 3.8) is 0 Å². The molecule has 0 bridgehead atoms. The molecule has 2 atom stereocenters. The zero-order chi connectivity index (χ0) is 14.3. The highest BCUT2D eigenvalue weighted by molar-refractivity contribution is 5.74. The lowest BCUT2D eigenvalue weighted by Gasteiger charge is -2.15. The van der Waals surface area contributed by atoms with Crippen LogP contribution >= 0.6 is 0 Å². The number of hydrogen-bond acceptors (Lipinski definition) is 3. The molecule has 1 aliphatic heterocycles. The van der Waals surface area contributed by atoms with Crippen LogP contribution in [-0.2, 0) is 4.79 Å². The lowest BCUT2D eigenvalue weighted by atomic mass is 10.0. The average molecular weight is 271 g/mol. The molecule has 0 radical (unpaired) electrons. The number of carbonyl (C=O) groups is 2. The summed E-state index contributed by atoms with van der Waals surface area (Å²) in [6.07, 6.45) is 2.66. The molecule has 2 amide bonds. The maximum Gasteiger partial charge on any atom is 0.315 e. The molecule has 6 nitrogen and oxygen atoms in total. The first-order valence-electron chi connectivity index (χ1n) is 6.92. The Morgan fingerprint density at radius 3 is 2.74 bits per heavy atom. The van der Waals surface area contributed by atoms with Crippen molar-refractivity contribution >= 4 is 12.0 Å². The fraction of sp³-hybridized carbons (Fsp3) is 0.846. The monoisotopic (exact) mass is 271 g/mol. The van der Waals surface area contributed by atoms with Crippen molar-refractivity contribution in [3.05, 3.63) is 0 Å². The van der Waals surface area contributed by atoms with Gasteiger partial charge in [-0.25, -0.2) is 4.79 Å². The number of nitrogens with one attached hydrogen (secondary N) is 2. The van der Waals surface area contributed by atoms with Crippen LogP contribution in [0.2, 0.25) is 0 Å². The quantitative estimate of drug-likeness (QED) is 0.642. The third kappa shape index (κ3) is 7.00. The number of likely N-dealkylation sites (N-methyl/N-ethyl adjacent to an activating group) is 1. The highest BCUT2D eigenvalue weighted by Gasteiger charge is 2.20. The largest absolute Gasteiger partial charge is 0.481 e. The first-order chi connectivity index (χ1) is 8.97. The summed E-state index contributed by atoms with van der Waals surface area (Å²) in [4.78, 5) is 24.2. The predicted octanol–water partition coefficient (Wildman–Crippen LogP) is 0.881. The van der Waals surface area contributed by atoms with Crippen LogP contribution in [0.5, 0.6) is 0 Å². The summed E-state index contributed by atoms with van der Waals surface area (Å²) >= 11 is 0. The third-order valence-corrected chi connectivity index (χ3v) is 3.50. The SMILES string of the molecule is CC(CCNC(=O)NC1CCN(C)C1)CCC(=O)O. The van der Waals surface area contributed by atoms with E-state index in [9.17, 15) is 9.59 Å². The van der Waals surface area contributed by atoms with Gasteiger partial charge in [0.05, 0.1) is 0 Å². The first kappa shape index (κ1) is 15.8. The highest BCUT2D eigenvalue weighted by atomic mass is 16.4. The minimum Gasteiger partial charge on any atom is -0.481 e. The fourth-order valence-electron chi connectivity index (χ4n) is 2.24. The molecule has 0 saturated carbocycles. The molecule has 6 heteroatoms. The molecule has 110 valence electrons. The number of urea groups is 1. The molecule has 0 aromatic rings. The van der Waals surface area contributed by atoms with Gasteiger partial charge in [-0.2, -0.15) is 0 Å². The van der Waals surface area contributed by atoms with Crippen LogP contribution in [0.25, 0.3) is 0 Å². The van der Waals surface area contributed by atoms with E-state index >= 15 is 0 Å². The Morgan fingerprint density at radius 2 is 2.16 bits per heavy atom. The Bertz CT molecular complexity index is 310. The van der Waals surface area contributed by atoms with Gasteiger partial charge in [-0.15, -0.1) is 0 Å². The molecule has 1 rings (SSSR count). The normalized spacial score (nSPS) is 21.1. The number of carboxylic acids is 1. The van der Waals surface area contributed by atoms with Gasteiger partial charge in [0.1, 0.15) is 0 Å². The summed E-state index contributed by atoms with van der Waals surface area (Å²) in [5.41, 5.74) is 0. The van der Waals surface area contributed by atoms with Crippen LogP contribution in [0.1, 0.15) is 32.6 Å². The van der Waals surface area contributed by atoms with E-state index in [-0.39, 0.29) is 18.5 Å². The third-order valence-electron chi connectivity index (χ3n) is 3.50. The van der Waals surface area contributed by atoms with Gasteiger partial charge in [-0.1, -0.05) is 6.92 Å². The maximum atomic E-state index is 11.6. The van der Waals surface area contributed by atoms with Crippen molar-refractivity contribution in [2.24, 2.45) is 5.92 Å². The van der Waals surface area contributed by atoms with E-state index in [4.69, 9.17) is 5.11 Å². The molecule has 0 aromatic heterocycles. The predicted molar refractivity (Wildman–Crippen MR) is 73.1 cm³/mol. The van der Waals surface area contributed by atoms with Gasteiger partial charge in [0.15, 0.2) is 0 Å². The van der Waals surface area contributed by atoms with E-state index in [2.05, 4.69) is 15.5 Å². The maximum absolute atomic E-state index is 11.6. The van der Waals surface area contributed by atoms with E-state index < -0.39 is 5.97 Å². The smallest absolute Gasteiger partial charge is 0.315 e. The van der Waals surface area contributed by atoms with Crippen molar-refractivity contribution in [2.75, 3.05) is 26.7 Å². The van der Waals surface area contributed by atoms with Crippen LogP contribution in [-0.4, -0.2) is 54.7 Å². The summed E-state index contributed by atoms with van der Waals surface area (Å²) in [5, 5.41) is 14.3. The number of carbonyl (C=O) groups excluding carboxylic acids is 1. The van der Waals surface area contributed by atoms with Gasteiger partial charge in [-0.05, 0) is 38.8 Å². The number of amides is 2. The van der Waals surface area contributed by atoms with Gasteiger partial charge in [0.2, 0.25) is 0 Å². The summed E-state index contributed by atoms with van der Waals surface area (Å²) in [6, 6.07) is 0.125. The molecule has 1 heterocycles. The minimum atomic E-state index is -0.761. The lowest BCUT2D eigenvalue weighted by molar-refractivity contribution is -0.137. The fourth-order valence-corrected chi connectivity index (χ4v) is 2.24. The standard InChI is InChI=1S/C13H25N3O3/c1-10(3-4-12(17)18)5-7-14-13(19)15-11-6-8-16(2)9-11/h10-11H,3-9H2,1-2H3,(H,17,18)(H2,14,15,19). The van der Waals surface area contributed by atoms with E-state index in [1.54, 1.807) is 0 Å². The van der Waals surface area contributed by atoms with Crippen molar-refractivity contribution in [2.45, 2.75) is 38.6 Å². The van der Waals surface area contributed by atoms with E-state index in [1.165, 1.54) is 0 Å². The van der Waals surface area contributed by atoms with Crippen LogP contribution in [0.3, 0.4) is 0 Å². The van der Waals surface area contributed by atoms with Gasteiger partial charge in [0.25, 0.3) is 0 Å². The summed E-state index contributed by atoms with van der Waals surface area (Å²) in [5.74, 6) is -0.447. The number of rotatable bonds is 7. The second-order valence-electron chi connectivity index (χ2n) is 5.47. The van der Waals surface area contributed by atoms with E-state index in [0.717, 1.165) is 25.9 Å². The van der Waals surface area contributed by atoms with E-state index in [0.29, 0.717) is 18.9 Å². The van der Waals surface area contributed by atoms with Gasteiger partial charge >= 0.3 is 12.0 Å². The molecule has 3 N–H and O–H groups in total. The Labute approximate surface area is 114 Å². The molecule has 0 aliphatic carbocycles. The Morgan fingerprint density at radius 1 is 1.42 bits per heavy atom. The number of nitrogens with zero attached hydrogens (tertiary/aromatic N) is 1. The zero-order valence-corrected chi connectivity index (χ0v) is 11.8. The Kier molecular flexibility index (Phi) is 6.62. The summed E-state index contributed by atoms with van der Waals surface area (Å²) in [7, 11) is 2.05. The van der Waals surface area contributed by atoms with Crippen LogP contribution in [0.4, 0.5) is 4.79 Å². The van der Waals surface area contributed by atoms with Crippen molar-refractivity contribution in [3.8, 4) is 0 Å². The van der Waals surface area contributed by atoms with Crippen molar-refractivity contribution < 1.29 is 14.7 Å². The summed E-state index contributed by atoms with van der Waals surface area (Å²) < 4.78 is 0. The second-order valence-corrected chi connectivity index (χ2v) is 5.47. The second kappa shape index (κ2) is 7.99. The molecular weight excluding hydrogens is 246 g/mol. The molecule has 0 spiro atoms. The van der Waals surface area contributed by atoms with Crippen LogP contribution in [0, 0.1) is 5.92 Å². The summed E-state index contributed by atoms with van der Waals surface area (Å²) in [6.45, 7) is 4.53. The van der Waals surface area contributed by atoms with Gasteiger partial charge < -0.3 is 20.6 Å². The zero-order valence-electron chi connectivity index (χ0n) is 11.8. The Balaban J connectivity index is 2.05.